The van der Waals surface area contributed by atoms with Gasteiger partial charge in [0, 0.05) is 32.1 Å². The quantitative estimate of drug-likeness (QED) is 0.588. The first kappa shape index (κ1) is 24.8. The first-order chi connectivity index (χ1) is 16.7. The molecule has 2 unspecified atom stereocenters. The van der Waals surface area contributed by atoms with Gasteiger partial charge in [0.1, 0.15) is 0 Å². The normalized spacial score (nSPS) is 20.4. The second kappa shape index (κ2) is 10.1. The third-order valence-corrected chi connectivity index (χ3v) is 6.66. The van der Waals surface area contributed by atoms with E-state index in [1.165, 1.54) is 12.7 Å². The van der Waals surface area contributed by atoms with E-state index in [0.29, 0.717) is 38.4 Å². The van der Waals surface area contributed by atoms with Gasteiger partial charge < -0.3 is 19.3 Å². The number of pyridine rings is 1. The molecular formula is C26H35N5O4. The first-order valence-electron chi connectivity index (χ1n) is 12.3. The second-order valence-electron chi connectivity index (χ2n) is 9.49. The largest absolute Gasteiger partial charge is 0.464 e. The van der Waals surface area contributed by atoms with E-state index in [9.17, 15) is 9.59 Å². The first-order valence-corrected chi connectivity index (χ1v) is 12.3. The molecule has 0 N–H and O–H groups in total. The number of hydrogen-bond donors (Lipinski definition) is 0. The lowest BCUT2D eigenvalue weighted by atomic mass is 9.94. The highest BCUT2D eigenvalue weighted by Gasteiger charge is 2.30. The molecular weight excluding hydrogens is 446 g/mol. The van der Waals surface area contributed by atoms with Crippen molar-refractivity contribution in [2.24, 2.45) is 5.92 Å². The Morgan fingerprint density at radius 2 is 1.91 bits per heavy atom. The van der Waals surface area contributed by atoms with E-state index in [4.69, 9.17) is 19.6 Å². The molecule has 188 valence electrons. The predicted molar refractivity (Wildman–Crippen MR) is 135 cm³/mol. The minimum Gasteiger partial charge on any atom is -0.464 e. The summed E-state index contributed by atoms with van der Waals surface area (Å²) in [6, 6.07) is 1.79. The molecule has 1 saturated heterocycles. The standard InChI is InChI=1S/C26H35N5O4/c1-7-35-26(33)30-12-10-29(11-13-30)21-15-19(25(32)34-6)27-24-22(21)23(16(2)3)28-31(24)20-9-8-17(4)14-18(20)5/h8-9,14-16,18,20H,7,10-13H2,1-6H3. The lowest BCUT2D eigenvalue weighted by Gasteiger charge is -2.36. The maximum Gasteiger partial charge on any atom is 0.409 e. The fourth-order valence-corrected chi connectivity index (χ4v) is 4.86. The summed E-state index contributed by atoms with van der Waals surface area (Å²) in [5.41, 5.74) is 3.98. The number of hydrogen-bond acceptors (Lipinski definition) is 7. The van der Waals surface area contributed by atoms with Gasteiger partial charge in [-0.25, -0.2) is 19.3 Å². The number of allylic oxidation sites excluding steroid dienone is 4. The van der Waals surface area contributed by atoms with Crippen molar-refractivity contribution in [3.8, 4) is 0 Å². The van der Waals surface area contributed by atoms with Gasteiger partial charge in [0.15, 0.2) is 11.3 Å². The average molecular weight is 482 g/mol. The van der Waals surface area contributed by atoms with Crippen LogP contribution in [0.2, 0.25) is 0 Å². The molecule has 4 rings (SSSR count). The summed E-state index contributed by atoms with van der Waals surface area (Å²) in [6.45, 7) is 13.0. The van der Waals surface area contributed by atoms with Gasteiger partial charge in [-0.1, -0.05) is 44.6 Å². The Morgan fingerprint density at radius 3 is 2.51 bits per heavy atom. The zero-order valence-electron chi connectivity index (χ0n) is 21.4. The summed E-state index contributed by atoms with van der Waals surface area (Å²) >= 11 is 0. The van der Waals surface area contributed by atoms with Gasteiger partial charge in [-0.05, 0) is 25.8 Å². The van der Waals surface area contributed by atoms with E-state index in [1.807, 2.05) is 4.68 Å². The van der Waals surface area contributed by atoms with Crippen LogP contribution in [0, 0.1) is 5.92 Å². The number of rotatable bonds is 5. The molecule has 1 fully saturated rings. The number of piperazine rings is 1. The molecule has 0 bridgehead atoms. The second-order valence-corrected chi connectivity index (χ2v) is 9.49. The maximum absolute atomic E-state index is 12.6. The van der Waals surface area contributed by atoms with Crippen LogP contribution in [0.1, 0.15) is 62.8 Å². The Labute approximate surface area is 206 Å². The van der Waals surface area contributed by atoms with Gasteiger partial charge in [0.05, 0.1) is 36.5 Å². The summed E-state index contributed by atoms with van der Waals surface area (Å²) in [5.74, 6) is -0.104. The molecule has 1 amide bonds. The lowest BCUT2D eigenvalue weighted by Crippen LogP contribution is -2.49. The highest BCUT2D eigenvalue weighted by atomic mass is 16.6. The summed E-state index contributed by atoms with van der Waals surface area (Å²) < 4.78 is 12.2. The SMILES string of the molecule is CCOC(=O)N1CCN(c2cc(C(=O)OC)nc3c2c(C(C)C)nn3C2C=CC(C)=CC2C)CC1. The highest BCUT2D eigenvalue weighted by molar-refractivity contribution is 5.98. The van der Waals surface area contributed by atoms with Crippen LogP contribution in [0.3, 0.4) is 0 Å². The van der Waals surface area contributed by atoms with Crippen LogP contribution in [-0.4, -0.2) is 71.6 Å². The summed E-state index contributed by atoms with van der Waals surface area (Å²) in [6.07, 6.45) is 6.19. The molecule has 0 radical (unpaired) electrons. The van der Waals surface area contributed by atoms with Crippen LogP contribution in [0.25, 0.3) is 11.0 Å². The molecule has 0 saturated carbocycles. The van der Waals surface area contributed by atoms with Crippen LogP contribution in [0.5, 0.6) is 0 Å². The number of methoxy groups -OCH3 is 1. The van der Waals surface area contributed by atoms with E-state index < -0.39 is 5.97 Å². The maximum atomic E-state index is 12.6. The molecule has 0 aromatic carbocycles. The van der Waals surface area contributed by atoms with Crippen molar-refractivity contribution in [1.29, 1.82) is 0 Å². The minimum atomic E-state index is -0.486. The molecule has 2 atom stereocenters. The zero-order valence-corrected chi connectivity index (χ0v) is 21.4. The van der Waals surface area contributed by atoms with E-state index in [1.54, 1.807) is 17.9 Å². The Kier molecular flexibility index (Phi) is 7.14. The molecule has 1 aliphatic heterocycles. The van der Waals surface area contributed by atoms with E-state index in [-0.39, 0.29) is 29.7 Å². The van der Waals surface area contributed by atoms with Crippen LogP contribution < -0.4 is 4.90 Å². The third-order valence-electron chi connectivity index (χ3n) is 6.66. The van der Waals surface area contributed by atoms with Crippen LogP contribution in [0.15, 0.2) is 29.9 Å². The number of esters is 1. The van der Waals surface area contributed by atoms with Crippen molar-refractivity contribution in [1.82, 2.24) is 19.7 Å². The van der Waals surface area contributed by atoms with Crippen molar-refractivity contribution in [2.75, 3.05) is 44.8 Å². The van der Waals surface area contributed by atoms with E-state index in [2.05, 4.69) is 50.8 Å². The van der Waals surface area contributed by atoms with Crippen molar-refractivity contribution in [3.05, 3.63) is 41.3 Å². The monoisotopic (exact) mass is 481 g/mol. The number of amides is 1. The van der Waals surface area contributed by atoms with Crippen LogP contribution >= 0.6 is 0 Å². The third kappa shape index (κ3) is 4.76. The minimum absolute atomic E-state index is 0.0115. The molecule has 1 aliphatic carbocycles. The number of nitrogens with zero attached hydrogens (tertiary/aromatic N) is 5. The van der Waals surface area contributed by atoms with Gasteiger partial charge in [-0.2, -0.15) is 5.10 Å². The van der Waals surface area contributed by atoms with Crippen molar-refractivity contribution < 1.29 is 19.1 Å². The molecule has 2 aliphatic rings. The molecule has 9 heteroatoms. The van der Waals surface area contributed by atoms with Gasteiger partial charge in [-0.15, -0.1) is 0 Å². The van der Waals surface area contributed by atoms with Crippen LogP contribution in [0.4, 0.5) is 10.5 Å². The molecule has 0 spiro atoms. The van der Waals surface area contributed by atoms with E-state index >= 15 is 0 Å². The Morgan fingerprint density at radius 1 is 1.20 bits per heavy atom. The molecule has 35 heavy (non-hydrogen) atoms. The molecule has 2 aromatic heterocycles. The molecule has 2 aromatic rings. The van der Waals surface area contributed by atoms with Crippen molar-refractivity contribution >= 4 is 28.8 Å². The van der Waals surface area contributed by atoms with Crippen molar-refractivity contribution in [2.45, 2.75) is 46.6 Å². The Balaban J connectivity index is 1.83. The predicted octanol–water partition coefficient (Wildman–Crippen LogP) is 4.31. The summed E-state index contributed by atoms with van der Waals surface area (Å²) in [5, 5.41) is 6.00. The summed E-state index contributed by atoms with van der Waals surface area (Å²) in [4.78, 5) is 33.5. The topological polar surface area (TPSA) is 89.8 Å². The van der Waals surface area contributed by atoms with Gasteiger partial charge in [-0.3, -0.25) is 0 Å². The molecule has 3 heterocycles. The van der Waals surface area contributed by atoms with Gasteiger partial charge in [0.2, 0.25) is 0 Å². The highest BCUT2D eigenvalue weighted by Crippen LogP contribution is 2.38. The fourth-order valence-electron chi connectivity index (χ4n) is 4.86. The Bertz CT molecular complexity index is 1170. The zero-order chi connectivity index (χ0) is 25.3. The number of aromatic nitrogens is 3. The lowest BCUT2D eigenvalue weighted by molar-refractivity contribution is 0.0594. The summed E-state index contributed by atoms with van der Waals surface area (Å²) in [7, 11) is 1.36. The number of anilines is 1. The van der Waals surface area contributed by atoms with E-state index in [0.717, 1.165) is 16.8 Å². The fraction of sp³-hybridized carbons (Fsp3) is 0.538. The van der Waals surface area contributed by atoms with Crippen LogP contribution in [-0.2, 0) is 9.47 Å². The van der Waals surface area contributed by atoms with Gasteiger partial charge in [0.25, 0.3) is 0 Å². The molecule has 9 nitrogen and oxygen atoms in total. The number of carbonyl (C=O) groups is 2. The smallest absolute Gasteiger partial charge is 0.409 e. The van der Waals surface area contributed by atoms with Crippen molar-refractivity contribution in [3.63, 3.8) is 0 Å². The van der Waals surface area contributed by atoms with Gasteiger partial charge >= 0.3 is 12.1 Å². The number of ether oxygens (including phenoxy) is 2. The average Bonchev–Trinajstić information content (AvgIpc) is 3.23. The number of carbonyl (C=O) groups excluding carboxylic acids is 2. The Hall–Kier alpha value is -3.36. The number of fused-ring (bicyclic) bond motifs is 1.